The highest BCUT2D eigenvalue weighted by Gasteiger charge is 2.16. The van der Waals surface area contributed by atoms with E-state index in [4.69, 9.17) is 21.7 Å². The van der Waals surface area contributed by atoms with Crippen LogP contribution in [0.15, 0.2) is 36.4 Å². The van der Waals surface area contributed by atoms with Gasteiger partial charge < -0.3 is 25.0 Å². The van der Waals surface area contributed by atoms with Crippen LogP contribution in [0.3, 0.4) is 0 Å². The first-order valence-corrected chi connectivity index (χ1v) is 9.70. The zero-order valence-electron chi connectivity index (χ0n) is 16.4. The summed E-state index contributed by atoms with van der Waals surface area (Å²) < 4.78 is 11.1. The van der Waals surface area contributed by atoms with Crippen molar-refractivity contribution in [2.75, 3.05) is 36.9 Å². The van der Waals surface area contributed by atoms with Gasteiger partial charge in [-0.25, -0.2) is 0 Å². The third-order valence-electron chi connectivity index (χ3n) is 4.68. The third-order valence-corrected chi connectivity index (χ3v) is 5.04. The van der Waals surface area contributed by atoms with E-state index in [0.29, 0.717) is 42.1 Å². The van der Waals surface area contributed by atoms with Gasteiger partial charge in [-0.2, -0.15) is 0 Å². The van der Waals surface area contributed by atoms with Gasteiger partial charge in [-0.1, -0.05) is 12.1 Å². The minimum atomic E-state index is -0.149. The number of amides is 1. The van der Waals surface area contributed by atoms with E-state index in [-0.39, 0.29) is 12.5 Å². The van der Waals surface area contributed by atoms with Crippen molar-refractivity contribution in [1.29, 1.82) is 0 Å². The van der Waals surface area contributed by atoms with Crippen molar-refractivity contribution in [3.63, 3.8) is 0 Å². The van der Waals surface area contributed by atoms with E-state index < -0.39 is 0 Å². The molecule has 7 heteroatoms. The lowest BCUT2D eigenvalue weighted by Crippen LogP contribution is -2.40. The fourth-order valence-corrected chi connectivity index (χ4v) is 3.21. The summed E-state index contributed by atoms with van der Waals surface area (Å²) in [7, 11) is 0. The second kappa shape index (κ2) is 8.93. The van der Waals surface area contributed by atoms with Crippen LogP contribution in [-0.2, 0) is 4.79 Å². The topological polar surface area (TPSA) is 62.8 Å². The molecule has 2 N–H and O–H groups in total. The van der Waals surface area contributed by atoms with Crippen LogP contribution >= 0.6 is 12.2 Å². The molecule has 0 bridgehead atoms. The molecular weight excluding hydrogens is 374 g/mol. The number of likely N-dealkylation sites (N-methyl/N-ethyl adjacent to an activating group) is 1. The van der Waals surface area contributed by atoms with Gasteiger partial charge >= 0.3 is 0 Å². The number of ether oxygens (including phenoxy) is 2. The molecule has 6 nitrogen and oxygen atoms in total. The zero-order valence-corrected chi connectivity index (χ0v) is 17.2. The number of thiocarbonyl (C=S) groups is 1. The first kappa shape index (κ1) is 19.9. The molecular formula is C21H25N3O3S. The number of hydrogen-bond donors (Lipinski definition) is 2. The maximum absolute atomic E-state index is 12.5. The van der Waals surface area contributed by atoms with Crippen LogP contribution in [0.1, 0.15) is 18.1 Å². The molecule has 0 saturated carbocycles. The number of nitrogens with zero attached hydrogens (tertiary/aromatic N) is 1. The molecule has 2 aromatic rings. The third kappa shape index (κ3) is 4.72. The molecule has 0 saturated heterocycles. The molecule has 0 spiro atoms. The van der Waals surface area contributed by atoms with Crippen LogP contribution in [0.25, 0.3) is 0 Å². The Kier molecular flexibility index (Phi) is 6.36. The maximum Gasteiger partial charge on any atom is 0.243 e. The van der Waals surface area contributed by atoms with Crippen LogP contribution in [0.4, 0.5) is 11.4 Å². The molecule has 1 amide bonds. The Hall–Kier alpha value is -2.80. The number of carbonyl (C=O) groups excluding carboxylic acids is 1. The van der Waals surface area contributed by atoms with Crippen LogP contribution in [0.2, 0.25) is 0 Å². The largest absolute Gasteiger partial charge is 0.486 e. The predicted molar refractivity (Wildman–Crippen MR) is 115 cm³/mol. The number of aryl methyl sites for hydroxylation is 1. The lowest BCUT2D eigenvalue weighted by molar-refractivity contribution is -0.116. The highest BCUT2D eigenvalue weighted by Crippen LogP contribution is 2.32. The summed E-state index contributed by atoms with van der Waals surface area (Å²) in [6, 6.07) is 11.4. The average molecular weight is 400 g/mol. The lowest BCUT2D eigenvalue weighted by atomic mass is 10.1. The van der Waals surface area contributed by atoms with E-state index in [1.807, 2.05) is 30.9 Å². The van der Waals surface area contributed by atoms with Crippen LogP contribution in [0, 0.1) is 13.8 Å². The minimum Gasteiger partial charge on any atom is -0.486 e. The number of anilines is 2. The summed E-state index contributed by atoms with van der Waals surface area (Å²) in [6.07, 6.45) is 0. The summed E-state index contributed by atoms with van der Waals surface area (Å²) in [5, 5.41) is 6.67. The van der Waals surface area contributed by atoms with E-state index >= 15 is 0 Å². The summed E-state index contributed by atoms with van der Waals surface area (Å²) in [5.74, 6) is 1.19. The van der Waals surface area contributed by atoms with Crippen LogP contribution in [-0.4, -0.2) is 42.2 Å². The van der Waals surface area contributed by atoms with Gasteiger partial charge in [-0.3, -0.25) is 4.79 Å². The molecule has 1 aliphatic heterocycles. The van der Waals surface area contributed by atoms with Crippen LogP contribution in [0.5, 0.6) is 11.5 Å². The number of carbonyl (C=O) groups is 1. The molecule has 28 heavy (non-hydrogen) atoms. The fourth-order valence-electron chi connectivity index (χ4n) is 2.90. The van der Waals surface area contributed by atoms with Crippen molar-refractivity contribution >= 4 is 34.6 Å². The van der Waals surface area contributed by atoms with Crippen molar-refractivity contribution in [2.24, 2.45) is 0 Å². The number of nitrogens with one attached hydrogen (secondary N) is 2. The highest BCUT2D eigenvalue weighted by molar-refractivity contribution is 7.80. The summed E-state index contributed by atoms with van der Waals surface area (Å²) in [6.45, 7) is 7.88. The molecule has 0 radical (unpaired) electrons. The van der Waals surface area contributed by atoms with Gasteiger partial charge in [-0.05, 0) is 62.3 Å². The average Bonchev–Trinajstić information content (AvgIpc) is 2.69. The van der Waals surface area contributed by atoms with E-state index in [9.17, 15) is 4.79 Å². The molecule has 0 aromatic heterocycles. The Labute approximate surface area is 170 Å². The van der Waals surface area contributed by atoms with Gasteiger partial charge in [-0.15, -0.1) is 0 Å². The van der Waals surface area contributed by atoms with Crippen molar-refractivity contribution in [2.45, 2.75) is 20.8 Å². The number of rotatable bonds is 5. The molecule has 0 unspecified atom stereocenters. The second-order valence-corrected chi connectivity index (χ2v) is 6.99. The molecule has 1 aliphatic rings. The summed E-state index contributed by atoms with van der Waals surface area (Å²) >= 11 is 5.52. The number of hydrogen-bond acceptors (Lipinski definition) is 4. The maximum atomic E-state index is 12.5. The molecule has 0 atom stereocenters. The lowest BCUT2D eigenvalue weighted by Gasteiger charge is -2.25. The normalized spacial score (nSPS) is 12.2. The van der Waals surface area contributed by atoms with Crippen LogP contribution < -0.4 is 20.1 Å². The molecule has 1 heterocycles. The van der Waals surface area contributed by atoms with Crippen molar-refractivity contribution in [1.82, 2.24) is 4.90 Å². The Bertz CT molecular complexity index is 885. The molecule has 148 valence electrons. The van der Waals surface area contributed by atoms with Gasteiger partial charge in [0.1, 0.15) is 13.2 Å². The van der Waals surface area contributed by atoms with Crippen molar-refractivity contribution < 1.29 is 14.3 Å². The summed E-state index contributed by atoms with van der Waals surface area (Å²) in [4.78, 5) is 14.3. The molecule has 0 fully saturated rings. The predicted octanol–water partition coefficient (Wildman–Crippen LogP) is 3.73. The molecule has 0 aliphatic carbocycles. The smallest absolute Gasteiger partial charge is 0.243 e. The first-order chi connectivity index (χ1) is 13.5. The standard InChI is InChI=1S/C21H25N3O3S/c1-4-24(21(28)23-17-7-5-6-14(2)15(17)3)13-20(25)22-16-8-9-18-19(12-16)27-11-10-26-18/h5-9,12H,4,10-11,13H2,1-3H3,(H,22,25)(H,23,28). The zero-order chi connectivity index (χ0) is 20.1. The Morgan fingerprint density at radius 3 is 2.61 bits per heavy atom. The monoisotopic (exact) mass is 399 g/mol. The first-order valence-electron chi connectivity index (χ1n) is 9.29. The van der Waals surface area contributed by atoms with Crippen molar-refractivity contribution in [3.8, 4) is 11.5 Å². The molecule has 3 rings (SSSR count). The van der Waals surface area contributed by atoms with Gasteiger partial charge in [0, 0.05) is 24.0 Å². The minimum absolute atomic E-state index is 0.149. The number of benzene rings is 2. The van der Waals surface area contributed by atoms with Crippen molar-refractivity contribution in [3.05, 3.63) is 47.5 Å². The van der Waals surface area contributed by atoms with Gasteiger partial charge in [0.25, 0.3) is 0 Å². The highest BCUT2D eigenvalue weighted by atomic mass is 32.1. The van der Waals surface area contributed by atoms with Gasteiger partial charge in [0.2, 0.25) is 5.91 Å². The fraction of sp³-hybridized carbons (Fsp3) is 0.333. The van der Waals surface area contributed by atoms with E-state index in [2.05, 4.69) is 23.6 Å². The molecule has 2 aromatic carbocycles. The Morgan fingerprint density at radius 1 is 1.11 bits per heavy atom. The quantitative estimate of drug-likeness (QED) is 0.747. The number of fused-ring (bicyclic) bond motifs is 1. The van der Waals surface area contributed by atoms with Gasteiger partial charge in [0.15, 0.2) is 16.6 Å². The van der Waals surface area contributed by atoms with E-state index in [0.717, 1.165) is 11.3 Å². The second-order valence-electron chi connectivity index (χ2n) is 6.60. The van der Waals surface area contributed by atoms with E-state index in [1.54, 1.807) is 18.2 Å². The van der Waals surface area contributed by atoms with Gasteiger partial charge in [0.05, 0.1) is 6.54 Å². The van der Waals surface area contributed by atoms with E-state index in [1.165, 1.54) is 5.56 Å². The summed E-state index contributed by atoms with van der Waals surface area (Å²) in [5.41, 5.74) is 3.95. The Balaban J connectivity index is 1.61. The Morgan fingerprint density at radius 2 is 1.86 bits per heavy atom. The SMILES string of the molecule is CCN(CC(=O)Nc1ccc2c(c1)OCCO2)C(=S)Nc1cccc(C)c1C.